The van der Waals surface area contributed by atoms with Crippen LogP contribution in [0.3, 0.4) is 0 Å². The summed E-state index contributed by atoms with van der Waals surface area (Å²) in [6.07, 6.45) is 3.64. The number of amides is 1. The molecule has 2 atom stereocenters. The molecule has 0 spiro atoms. The zero-order valence-electron chi connectivity index (χ0n) is 11.5. The number of nitrogens with one attached hydrogen (secondary N) is 2. The van der Waals surface area contributed by atoms with Crippen molar-refractivity contribution in [2.75, 3.05) is 0 Å². The van der Waals surface area contributed by atoms with Crippen molar-refractivity contribution in [2.24, 2.45) is 0 Å². The van der Waals surface area contributed by atoms with Crippen LogP contribution in [0.5, 0.6) is 0 Å². The molecular formula is C15H19ClF2N2O. The molecule has 116 valence electrons. The molecule has 6 heteroatoms. The van der Waals surface area contributed by atoms with Crippen LogP contribution in [0.2, 0.25) is 0 Å². The second-order valence-corrected chi connectivity index (χ2v) is 5.72. The van der Waals surface area contributed by atoms with Crippen molar-refractivity contribution in [2.45, 2.75) is 49.7 Å². The molecule has 2 aliphatic heterocycles. The van der Waals surface area contributed by atoms with Crippen LogP contribution in [0, 0.1) is 0 Å². The topological polar surface area (TPSA) is 41.1 Å². The molecule has 2 unspecified atom stereocenters. The Bertz CT molecular complexity index is 486. The number of rotatable bonds is 3. The molecule has 3 rings (SSSR count). The highest BCUT2D eigenvalue weighted by Crippen LogP contribution is 2.30. The van der Waals surface area contributed by atoms with Gasteiger partial charge in [-0.05, 0) is 25.7 Å². The van der Waals surface area contributed by atoms with Gasteiger partial charge in [-0.3, -0.25) is 4.79 Å². The molecule has 2 N–H and O–H groups in total. The van der Waals surface area contributed by atoms with Crippen LogP contribution < -0.4 is 10.6 Å². The maximum absolute atomic E-state index is 14.1. The van der Waals surface area contributed by atoms with E-state index < -0.39 is 11.8 Å². The van der Waals surface area contributed by atoms with Gasteiger partial charge in [-0.2, -0.15) is 8.78 Å². The summed E-state index contributed by atoms with van der Waals surface area (Å²) in [6.45, 7) is 0. The van der Waals surface area contributed by atoms with Gasteiger partial charge in [0.1, 0.15) is 0 Å². The summed E-state index contributed by atoms with van der Waals surface area (Å²) in [6, 6.07) is 7.84. The molecule has 1 aromatic rings. The fourth-order valence-corrected chi connectivity index (χ4v) is 3.23. The number of piperidine rings is 1. The molecule has 0 saturated carbocycles. The number of alkyl halides is 2. The zero-order valence-corrected chi connectivity index (χ0v) is 12.3. The summed E-state index contributed by atoms with van der Waals surface area (Å²) in [5.41, 5.74) is -0.255. The molecular weight excluding hydrogens is 298 g/mol. The van der Waals surface area contributed by atoms with E-state index in [4.69, 9.17) is 0 Å². The lowest BCUT2D eigenvalue weighted by molar-refractivity contribution is -0.148. The van der Waals surface area contributed by atoms with E-state index in [-0.39, 0.29) is 24.0 Å². The van der Waals surface area contributed by atoms with Crippen molar-refractivity contribution in [3.63, 3.8) is 0 Å². The fourth-order valence-electron chi connectivity index (χ4n) is 3.23. The first kappa shape index (κ1) is 16.2. The van der Waals surface area contributed by atoms with Crippen LogP contribution >= 0.6 is 12.4 Å². The number of carbonyl (C=O) groups is 1. The number of halogens is 3. The maximum atomic E-state index is 14.1. The van der Waals surface area contributed by atoms with Crippen molar-refractivity contribution in [3.05, 3.63) is 35.9 Å². The summed E-state index contributed by atoms with van der Waals surface area (Å²) < 4.78 is 28.2. The monoisotopic (exact) mass is 316 g/mol. The minimum Gasteiger partial charge on any atom is -0.348 e. The van der Waals surface area contributed by atoms with Crippen molar-refractivity contribution >= 4 is 18.3 Å². The fraction of sp³-hybridized carbons (Fsp3) is 0.533. The molecule has 0 aliphatic carbocycles. The number of fused-ring (bicyclic) bond motifs is 2. The SMILES string of the molecule is Cl.O=C(NC1CC2CCC(C1)N2)C(F)(F)c1ccccc1. The number of benzene rings is 1. The lowest BCUT2D eigenvalue weighted by atomic mass is 9.99. The first-order valence-corrected chi connectivity index (χ1v) is 7.06. The van der Waals surface area contributed by atoms with E-state index in [2.05, 4.69) is 10.6 Å². The van der Waals surface area contributed by atoms with Gasteiger partial charge in [-0.25, -0.2) is 0 Å². The Morgan fingerprint density at radius 2 is 1.71 bits per heavy atom. The molecule has 3 nitrogen and oxygen atoms in total. The summed E-state index contributed by atoms with van der Waals surface area (Å²) in [5.74, 6) is -4.65. The second-order valence-electron chi connectivity index (χ2n) is 5.72. The van der Waals surface area contributed by atoms with E-state index in [1.54, 1.807) is 6.07 Å². The third-order valence-corrected chi connectivity index (χ3v) is 4.23. The van der Waals surface area contributed by atoms with Gasteiger partial charge in [0.15, 0.2) is 0 Å². The molecule has 2 aliphatic rings. The highest BCUT2D eigenvalue weighted by molar-refractivity contribution is 5.85. The molecule has 1 amide bonds. The van der Waals surface area contributed by atoms with E-state index in [0.717, 1.165) is 25.7 Å². The molecule has 1 aromatic carbocycles. The van der Waals surface area contributed by atoms with Crippen molar-refractivity contribution in [1.29, 1.82) is 0 Å². The van der Waals surface area contributed by atoms with Crippen LogP contribution in [0.15, 0.2) is 30.3 Å². The molecule has 2 saturated heterocycles. The van der Waals surface area contributed by atoms with E-state index in [1.807, 2.05) is 0 Å². The third kappa shape index (κ3) is 3.35. The van der Waals surface area contributed by atoms with Gasteiger partial charge in [0, 0.05) is 23.7 Å². The van der Waals surface area contributed by atoms with Crippen LogP contribution in [-0.4, -0.2) is 24.0 Å². The zero-order chi connectivity index (χ0) is 14.2. The van der Waals surface area contributed by atoms with Gasteiger partial charge in [0.25, 0.3) is 5.91 Å². The Balaban J connectivity index is 0.00000161. The largest absolute Gasteiger partial charge is 0.349 e. The molecule has 2 fully saturated rings. The Labute approximate surface area is 128 Å². The lowest BCUT2D eigenvalue weighted by Gasteiger charge is -2.30. The van der Waals surface area contributed by atoms with E-state index >= 15 is 0 Å². The predicted octanol–water partition coefficient (Wildman–Crippen LogP) is 2.60. The average molecular weight is 317 g/mol. The van der Waals surface area contributed by atoms with Gasteiger partial charge < -0.3 is 10.6 Å². The summed E-state index contributed by atoms with van der Waals surface area (Å²) >= 11 is 0. The predicted molar refractivity (Wildman–Crippen MR) is 78.7 cm³/mol. The maximum Gasteiger partial charge on any atom is 0.349 e. The Morgan fingerprint density at radius 1 is 1.14 bits per heavy atom. The third-order valence-electron chi connectivity index (χ3n) is 4.23. The summed E-state index contributed by atoms with van der Waals surface area (Å²) in [7, 11) is 0. The number of carbonyl (C=O) groups excluding carboxylic acids is 1. The molecule has 21 heavy (non-hydrogen) atoms. The van der Waals surface area contributed by atoms with E-state index in [1.165, 1.54) is 24.3 Å². The van der Waals surface area contributed by atoms with Crippen LogP contribution in [0.1, 0.15) is 31.2 Å². The van der Waals surface area contributed by atoms with Crippen LogP contribution in [-0.2, 0) is 10.7 Å². The standard InChI is InChI=1S/C15H18F2N2O.ClH/c16-15(17,10-4-2-1-3-5-10)14(20)19-13-8-11-6-7-12(9-13)18-11;/h1-5,11-13,18H,6-9H2,(H,19,20);1H. The molecule has 0 aromatic heterocycles. The molecule has 2 bridgehead atoms. The second kappa shape index (κ2) is 6.28. The number of hydrogen-bond acceptors (Lipinski definition) is 2. The Kier molecular flexibility index (Phi) is 4.84. The average Bonchev–Trinajstić information content (AvgIpc) is 2.79. The summed E-state index contributed by atoms with van der Waals surface area (Å²) in [5, 5.41) is 5.95. The van der Waals surface area contributed by atoms with Crippen LogP contribution in [0.4, 0.5) is 8.78 Å². The highest BCUT2D eigenvalue weighted by atomic mass is 35.5. The summed E-state index contributed by atoms with van der Waals surface area (Å²) in [4.78, 5) is 11.9. The normalized spacial score (nSPS) is 27.8. The minimum absolute atomic E-state index is 0. The lowest BCUT2D eigenvalue weighted by Crippen LogP contribution is -2.51. The Morgan fingerprint density at radius 3 is 2.29 bits per heavy atom. The van der Waals surface area contributed by atoms with Crippen LogP contribution in [0.25, 0.3) is 0 Å². The van der Waals surface area contributed by atoms with Gasteiger partial charge in [-0.15, -0.1) is 12.4 Å². The van der Waals surface area contributed by atoms with Crippen molar-refractivity contribution in [3.8, 4) is 0 Å². The van der Waals surface area contributed by atoms with Crippen molar-refractivity contribution < 1.29 is 13.6 Å². The molecule has 2 heterocycles. The first-order valence-electron chi connectivity index (χ1n) is 7.06. The van der Waals surface area contributed by atoms with E-state index in [0.29, 0.717) is 12.1 Å². The van der Waals surface area contributed by atoms with Gasteiger partial charge in [0.05, 0.1) is 0 Å². The smallest absolute Gasteiger partial charge is 0.348 e. The molecule has 0 radical (unpaired) electrons. The van der Waals surface area contributed by atoms with Crippen molar-refractivity contribution in [1.82, 2.24) is 10.6 Å². The van der Waals surface area contributed by atoms with Gasteiger partial charge in [0.2, 0.25) is 0 Å². The highest BCUT2D eigenvalue weighted by Gasteiger charge is 2.43. The van der Waals surface area contributed by atoms with Gasteiger partial charge >= 0.3 is 5.92 Å². The Hall–Kier alpha value is -1.20. The van der Waals surface area contributed by atoms with Gasteiger partial charge in [-0.1, -0.05) is 30.3 Å². The van der Waals surface area contributed by atoms with E-state index in [9.17, 15) is 13.6 Å². The minimum atomic E-state index is -3.47. The quantitative estimate of drug-likeness (QED) is 0.900. The number of hydrogen-bond donors (Lipinski definition) is 2. The first-order chi connectivity index (χ1) is 9.55.